The minimum absolute atomic E-state index is 0.0375. The van der Waals surface area contributed by atoms with Gasteiger partial charge in [0.2, 0.25) is 0 Å². The average molecular weight is 275 g/mol. The third kappa shape index (κ3) is 5.09. The van der Waals surface area contributed by atoms with Gasteiger partial charge >= 0.3 is 0 Å². The van der Waals surface area contributed by atoms with E-state index < -0.39 is 0 Å². The fraction of sp³-hybridized carbons (Fsp3) is 0.611. The van der Waals surface area contributed by atoms with Crippen LogP contribution in [0.4, 0.5) is 0 Å². The molecular weight excluding hydrogens is 246 g/mol. The van der Waals surface area contributed by atoms with E-state index >= 15 is 0 Å². The number of benzene rings is 1. The van der Waals surface area contributed by atoms with Crippen LogP contribution in [-0.2, 0) is 0 Å². The summed E-state index contributed by atoms with van der Waals surface area (Å²) >= 11 is 0. The lowest BCUT2D eigenvalue weighted by Gasteiger charge is -2.30. The predicted molar refractivity (Wildman–Crippen MR) is 86.2 cm³/mol. The zero-order valence-corrected chi connectivity index (χ0v) is 13.3. The van der Waals surface area contributed by atoms with Gasteiger partial charge in [-0.15, -0.1) is 0 Å². The van der Waals surface area contributed by atoms with Crippen LogP contribution < -0.4 is 0 Å². The Kier molecular flexibility index (Phi) is 8.20. The number of carbonyl (C=O) groups is 1. The normalized spacial score (nSPS) is 12.6. The van der Waals surface area contributed by atoms with Gasteiger partial charge in [0.15, 0.2) is 5.78 Å². The average Bonchev–Trinajstić information content (AvgIpc) is 2.50. The lowest BCUT2D eigenvalue weighted by Crippen LogP contribution is -2.42. The summed E-state index contributed by atoms with van der Waals surface area (Å²) in [6.07, 6.45) is 5.59. The van der Waals surface area contributed by atoms with Crippen LogP contribution in [0.15, 0.2) is 30.3 Å². The summed E-state index contributed by atoms with van der Waals surface area (Å²) in [4.78, 5) is 15.1. The minimum atomic E-state index is 0.0375. The van der Waals surface area contributed by atoms with E-state index in [1.54, 1.807) is 0 Å². The van der Waals surface area contributed by atoms with Gasteiger partial charge in [-0.25, -0.2) is 0 Å². The van der Waals surface area contributed by atoms with Gasteiger partial charge in [0.25, 0.3) is 0 Å². The summed E-state index contributed by atoms with van der Waals surface area (Å²) < 4.78 is 0. The van der Waals surface area contributed by atoms with Crippen molar-refractivity contribution in [2.24, 2.45) is 0 Å². The first-order chi connectivity index (χ1) is 9.74. The van der Waals surface area contributed by atoms with Crippen LogP contribution in [0.5, 0.6) is 0 Å². The van der Waals surface area contributed by atoms with E-state index in [0.29, 0.717) is 0 Å². The molecule has 0 amide bonds. The van der Waals surface area contributed by atoms with Crippen molar-refractivity contribution in [2.75, 3.05) is 13.1 Å². The van der Waals surface area contributed by atoms with Crippen LogP contribution >= 0.6 is 0 Å². The Hall–Kier alpha value is -1.15. The van der Waals surface area contributed by atoms with Crippen molar-refractivity contribution in [3.05, 3.63) is 35.9 Å². The second-order valence-electron chi connectivity index (χ2n) is 5.40. The molecule has 20 heavy (non-hydrogen) atoms. The molecular formula is C18H29NO. The van der Waals surface area contributed by atoms with E-state index in [0.717, 1.165) is 25.1 Å². The highest BCUT2D eigenvalue weighted by Crippen LogP contribution is 2.14. The Morgan fingerprint density at radius 2 is 1.55 bits per heavy atom. The highest BCUT2D eigenvalue weighted by Gasteiger charge is 2.24. The number of carbonyl (C=O) groups excluding carboxylic acids is 1. The van der Waals surface area contributed by atoms with Crippen molar-refractivity contribution >= 4 is 5.78 Å². The minimum Gasteiger partial charge on any atom is -0.293 e. The van der Waals surface area contributed by atoms with Gasteiger partial charge in [0.05, 0.1) is 6.04 Å². The molecule has 112 valence electrons. The number of hydrogen-bond acceptors (Lipinski definition) is 2. The number of ketones is 1. The molecule has 1 rings (SSSR count). The van der Waals surface area contributed by atoms with Crippen molar-refractivity contribution in [2.45, 2.75) is 58.9 Å². The van der Waals surface area contributed by atoms with E-state index in [4.69, 9.17) is 0 Å². The van der Waals surface area contributed by atoms with Crippen LogP contribution in [0.1, 0.15) is 63.2 Å². The molecule has 0 spiro atoms. The lowest BCUT2D eigenvalue weighted by molar-refractivity contribution is 0.0805. The molecule has 0 aromatic heterocycles. The van der Waals surface area contributed by atoms with E-state index in [2.05, 4.69) is 25.7 Å². The van der Waals surface area contributed by atoms with Crippen LogP contribution in [0.25, 0.3) is 0 Å². The predicted octanol–water partition coefficient (Wildman–Crippen LogP) is 4.55. The van der Waals surface area contributed by atoms with E-state index in [9.17, 15) is 4.79 Å². The Bertz CT molecular complexity index is 366. The van der Waals surface area contributed by atoms with E-state index in [1.807, 2.05) is 30.3 Å². The van der Waals surface area contributed by atoms with Crippen LogP contribution in [-0.4, -0.2) is 29.8 Å². The summed E-state index contributed by atoms with van der Waals surface area (Å²) in [6.45, 7) is 8.60. The van der Waals surface area contributed by atoms with Gasteiger partial charge in [-0.1, -0.05) is 63.9 Å². The largest absolute Gasteiger partial charge is 0.293 e. The zero-order valence-electron chi connectivity index (χ0n) is 13.3. The number of rotatable bonds is 10. The second kappa shape index (κ2) is 9.71. The number of unbranched alkanes of at least 4 members (excludes halogenated alkanes) is 2. The first-order valence-corrected chi connectivity index (χ1v) is 8.07. The van der Waals surface area contributed by atoms with Crippen LogP contribution in [0.3, 0.4) is 0 Å². The third-order valence-electron chi connectivity index (χ3n) is 3.79. The molecule has 1 aromatic rings. The number of hydrogen-bond donors (Lipinski definition) is 0. The van der Waals surface area contributed by atoms with E-state index in [-0.39, 0.29) is 11.8 Å². The SMILES string of the molecule is CCCCN(CCCC)C(CC)C(=O)c1ccccc1. The topological polar surface area (TPSA) is 20.3 Å². The molecule has 0 bridgehead atoms. The molecule has 0 heterocycles. The molecule has 0 saturated heterocycles. The lowest BCUT2D eigenvalue weighted by atomic mass is 10.00. The summed E-state index contributed by atoms with van der Waals surface area (Å²) in [5.74, 6) is 0.278. The molecule has 0 aliphatic heterocycles. The molecule has 1 unspecified atom stereocenters. The molecule has 2 heteroatoms. The molecule has 0 aliphatic rings. The van der Waals surface area contributed by atoms with Gasteiger partial charge in [0.1, 0.15) is 0 Å². The van der Waals surface area contributed by atoms with Crippen molar-refractivity contribution < 1.29 is 4.79 Å². The summed E-state index contributed by atoms with van der Waals surface area (Å²) in [5, 5.41) is 0. The van der Waals surface area contributed by atoms with Gasteiger partial charge in [-0.05, 0) is 32.4 Å². The van der Waals surface area contributed by atoms with Crippen molar-refractivity contribution in [1.29, 1.82) is 0 Å². The zero-order chi connectivity index (χ0) is 14.8. The standard InChI is InChI=1S/C18H29NO/c1-4-7-14-19(15-8-5-2)17(6-3)18(20)16-12-10-9-11-13-16/h9-13,17H,4-8,14-15H2,1-3H3. The maximum absolute atomic E-state index is 12.7. The maximum Gasteiger partial charge on any atom is 0.179 e. The van der Waals surface area contributed by atoms with E-state index in [1.165, 1.54) is 25.7 Å². The number of Topliss-reactive ketones (excluding diaryl/α,β-unsaturated/α-hetero) is 1. The Morgan fingerprint density at radius 3 is 2.00 bits per heavy atom. The summed E-state index contributed by atoms with van der Waals surface area (Å²) in [7, 11) is 0. The first-order valence-electron chi connectivity index (χ1n) is 8.07. The third-order valence-corrected chi connectivity index (χ3v) is 3.79. The molecule has 0 saturated carbocycles. The van der Waals surface area contributed by atoms with Gasteiger partial charge in [0, 0.05) is 5.56 Å². The number of nitrogens with zero attached hydrogens (tertiary/aromatic N) is 1. The maximum atomic E-state index is 12.7. The molecule has 1 aromatic carbocycles. The quantitative estimate of drug-likeness (QED) is 0.584. The van der Waals surface area contributed by atoms with Crippen molar-refractivity contribution in [1.82, 2.24) is 4.90 Å². The summed E-state index contributed by atoms with van der Waals surface area (Å²) in [6, 6.07) is 9.76. The highest BCUT2D eigenvalue weighted by atomic mass is 16.1. The molecule has 0 fully saturated rings. The fourth-order valence-electron chi connectivity index (χ4n) is 2.55. The Balaban J connectivity index is 2.79. The fourth-order valence-corrected chi connectivity index (χ4v) is 2.55. The van der Waals surface area contributed by atoms with Gasteiger partial charge < -0.3 is 0 Å². The molecule has 0 aliphatic carbocycles. The molecule has 0 N–H and O–H groups in total. The molecule has 2 nitrogen and oxygen atoms in total. The van der Waals surface area contributed by atoms with Crippen LogP contribution in [0.2, 0.25) is 0 Å². The molecule has 1 atom stereocenters. The molecule has 0 radical (unpaired) electrons. The van der Waals surface area contributed by atoms with Crippen molar-refractivity contribution in [3.63, 3.8) is 0 Å². The van der Waals surface area contributed by atoms with Gasteiger partial charge in [-0.3, -0.25) is 9.69 Å². The highest BCUT2D eigenvalue weighted by molar-refractivity contribution is 6.00. The first kappa shape index (κ1) is 16.9. The summed E-state index contributed by atoms with van der Waals surface area (Å²) in [5.41, 5.74) is 0.845. The smallest absolute Gasteiger partial charge is 0.179 e. The Labute approximate surface area is 124 Å². The van der Waals surface area contributed by atoms with Gasteiger partial charge in [-0.2, -0.15) is 0 Å². The second-order valence-corrected chi connectivity index (χ2v) is 5.40. The van der Waals surface area contributed by atoms with Crippen LogP contribution in [0, 0.1) is 0 Å². The van der Waals surface area contributed by atoms with Crippen molar-refractivity contribution in [3.8, 4) is 0 Å². The monoisotopic (exact) mass is 275 g/mol. The Morgan fingerprint density at radius 1 is 1.00 bits per heavy atom.